The quantitative estimate of drug-likeness (QED) is 0.782. The van der Waals surface area contributed by atoms with Gasteiger partial charge in [-0.3, -0.25) is 4.72 Å². The van der Waals surface area contributed by atoms with Gasteiger partial charge >= 0.3 is 16.2 Å². The van der Waals surface area contributed by atoms with Gasteiger partial charge in [0.15, 0.2) is 0 Å². The summed E-state index contributed by atoms with van der Waals surface area (Å²) in [6, 6.07) is 1.63. The van der Waals surface area contributed by atoms with Crippen LogP contribution in [-0.2, 0) is 14.9 Å². The van der Waals surface area contributed by atoms with E-state index in [1.807, 2.05) is 6.92 Å². The van der Waals surface area contributed by atoms with Crippen molar-refractivity contribution in [2.45, 2.75) is 27.7 Å². The number of esters is 1. The zero-order valence-electron chi connectivity index (χ0n) is 12.1. The van der Waals surface area contributed by atoms with Gasteiger partial charge in [-0.15, -0.1) is 11.3 Å². The molecule has 1 aromatic heterocycles. The highest BCUT2D eigenvalue weighted by atomic mass is 32.2. The fourth-order valence-corrected chi connectivity index (χ4v) is 4.08. The second kappa shape index (κ2) is 7.05. The van der Waals surface area contributed by atoms with Crippen molar-refractivity contribution >= 4 is 32.5 Å². The molecule has 0 saturated carbocycles. The summed E-state index contributed by atoms with van der Waals surface area (Å²) in [6.07, 6.45) is 0. The molecule has 0 aliphatic carbocycles. The van der Waals surface area contributed by atoms with Crippen molar-refractivity contribution in [1.82, 2.24) is 4.31 Å². The number of rotatable bonds is 7. The highest BCUT2D eigenvalue weighted by Gasteiger charge is 2.23. The lowest BCUT2D eigenvalue weighted by Gasteiger charge is -2.19. The number of carbonyl (C=O) groups is 1. The fourth-order valence-electron chi connectivity index (χ4n) is 1.70. The lowest BCUT2D eigenvalue weighted by atomic mass is 10.3. The molecule has 6 nitrogen and oxygen atoms in total. The van der Waals surface area contributed by atoms with Crippen molar-refractivity contribution in [3.8, 4) is 0 Å². The third kappa shape index (κ3) is 3.94. The molecule has 0 aliphatic heterocycles. The van der Waals surface area contributed by atoms with Gasteiger partial charge in [0.2, 0.25) is 0 Å². The molecule has 0 bridgehead atoms. The Morgan fingerprint density at radius 1 is 1.35 bits per heavy atom. The smallest absolute Gasteiger partial charge is 0.341 e. The Morgan fingerprint density at radius 3 is 2.45 bits per heavy atom. The van der Waals surface area contributed by atoms with Crippen molar-refractivity contribution in [3.05, 3.63) is 16.5 Å². The Hall–Kier alpha value is -1.12. The molecule has 0 saturated heterocycles. The average molecular weight is 320 g/mol. The van der Waals surface area contributed by atoms with Crippen LogP contribution in [0.1, 0.15) is 36.0 Å². The van der Waals surface area contributed by atoms with E-state index in [1.165, 1.54) is 15.6 Å². The van der Waals surface area contributed by atoms with Crippen LogP contribution in [0.2, 0.25) is 0 Å². The summed E-state index contributed by atoms with van der Waals surface area (Å²) in [4.78, 5) is 12.6. The molecule has 0 aromatic carbocycles. The van der Waals surface area contributed by atoms with Crippen molar-refractivity contribution in [3.63, 3.8) is 0 Å². The maximum atomic E-state index is 12.2. The van der Waals surface area contributed by atoms with Crippen LogP contribution >= 0.6 is 11.3 Å². The summed E-state index contributed by atoms with van der Waals surface area (Å²) < 4.78 is 33.0. The molecule has 8 heteroatoms. The minimum atomic E-state index is -3.65. The van der Waals surface area contributed by atoms with Gasteiger partial charge in [-0.25, -0.2) is 4.79 Å². The zero-order chi connectivity index (χ0) is 15.3. The lowest BCUT2D eigenvalue weighted by Crippen LogP contribution is -2.35. The minimum absolute atomic E-state index is 0.246. The van der Waals surface area contributed by atoms with Gasteiger partial charge in [0.1, 0.15) is 5.00 Å². The maximum Gasteiger partial charge on any atom is 0.341 e. The molecule has 0 spiro atoms. The van der Waals surface area contributed by atoms with Gasteiger partial charge in [-0.1, -0.05) is 13.8 Å². The number of nitrogens with zero attached hydrogens (tertiary/aromatic N) is 1. The van der Waals surface area contributed by atoms with Gasteiger partial charge < -0.3 is 4.74 Å². The number of nitrogens with one attached hydrogen (secondary N) is 1. The highest BCUT2D eigenvalue weighted by Crippen LogP contribution is 2.29. The van der Waals surface area contributed by atoms with E-state index in [-0.39, 0.29) is 12.2 Å². The van der Waals surface area contributed by atoms with E-state index in [1.54, 1.807) is 26.8 Å². The second-order valence-corrected chi connectivity index (χ2v) is 6.94. The van der Waals surface area contributed by atoms with Crippen LogP contribution in [0.25, 0.3) is 0 Å². The monoisotopic (exact) mass is 320 g/mol. The molecule has 0 atom stereocenters. The molecule has 1 rings (SSSR count). The summed E-state index contributed by atoms with van der Waals surface area (Å²) >= 11 is 1.22. The van der Waals surface area contributed by atoms with Crippen LogP contribution in [0.3, 0.4) is 0 Å². The van der Waals surface area contributed by atoms with E-state index in [4.69, 9.17) is 4.74 Å². The number of carbonyl (C=O) groups excluding carboxylic acids is 1. The topological polar surface area (TPSA) is 75.7 Å². The molecule has 0 radical (unpaired) electrons. The number of ether oxygens (including phenoxy) is 1. The minimum Gasteiger partial charge on any atom is -0.462 e. The molecule has 1 N–H and O–H groups in total. The Balaban J connectivity index is 3.06. The van der Waals surface area contributed by atoms with E-state index < -0.39 is 16.2 Å². The van der Waals surface area contributed by atoms with Crippen molar-refractivity contribution < 1.29 is 17.9 Å². The van der Waals surface area contributed by atoms with Crippen LogP contribution in [0.5, 0.6) is 0 Å². The second-order valence-electron chi connectivity index (χ2n) is 4.01. The molecule has 1 heterocycles. The largest absolute Gasteiger partial charge is 0.462 e. The predicted molar refractivity (Wildman–Crippen MR) is 80.5 cm³/mol. The first-order chi connectivity index (χ1) is 9.35. The predicted octanol–water partition coefficient (Wildman–Crippen LogP) is 2.23. The van der Waals surface area contributed by atoms with E-state index >= 15 is 0 Å². The molecule has 0 fully saturated rings. The molecule has 114 valence electrons. The third-order valence-corrected chi connectivity index (χ3v) is 5.37. The van der Waals surface area contributed by atoms with Crippen LogP contribution in [0.4, 0.5) is 5.00 Å². The summed E-state index contributed by atoms with van der Waals surface area (Å²) in [5.74, 6) is -0.519. The van der Waals surface area contributed by atoms with Crippen molar-refractivity contribution in [2.75, 3.05) is 24.4 Å². The SMILES string of the molecule is CCOC(=O)c1cc(C)sc1NS(=O)(=O)N(CC)CC. The first-order valence-electron chi connectivity index (χ1n) is 6.41. The molecule has 20 heavy (non-hydrogen) atoms. The highest BCUT2D eigenvalue weighted by molar-refractivity contribution is 7.90. The number of aryl methyl sites for hydroxylation is 1. The summed E-state index contributed by atoms with van der Waals surface area (Å²) in [5.41, 5.74) is 0.255. The summed E-state index contributed by atoms with van der Waals surface area (Å²) in [5, 5.41) is 0.299. The Morgan fingerprint density at radius 2 is 1.95 bits per heavy atom. The molecule has 0 aliphatic rings. The fraction of sp³-hybridized carbons (Fsp3) is 0.583. The molecule has 0 amide bonds. The van der Waals surface area contributed by atoms with Gasteiger partial charge in [-0.05, 0) is 19.9 Å². The van der Waals surface area contributed by atoms with E-state index in [9.17, 15) is 13.2 Å². The van der Waals surface area contributed by atoms with Gasteiger partial charge in [0.25, 0.3) is 0 Å². The van der Waals surface area contributed by atoms with Gasteiger partial charge in [0.05, 0.1) is 12.2 Å². The molecular formula is C12H20N2O4S2. The third-order valence-electron chi connectivity index (χ3n) is 2.62. The van der Waals surface area contributed by atoms with Crippen molar-refractivity contribution in [2.24, 2.45) is 0 Å². The first kappa shape index (κ1) is 16.9. The Kier molecular flexibility index (Phi) is 5.97. The lowest BCUT2D eigenvalue weighted by molar-refractivity contribution is 0.0528. The zero-order valence-corrected chi connectivity index (χ0v) is 13.7. The van der Waals surface area contributed by atoms with Crippen LogP contribution in [0.15, 0.2) is 6.07 Å². The summed E-state index contributed by atoms with van der Waals surface area (Å²) in [7, 11) is -3.65. The average Bonchev–Trinajstić information content (AvgIpc) is 2.70. The Labute approximate surface area is 123 Å². The van der Waals surface area contributed by atoms with E-state index in [0.29, 0.717) is 18.1 Å². The number of thiophene rings is 1. The number of hydrogen-bond donors (Lipinski definition) is 1. The normalized spacial score (nSPS) is 11.7. The van der Waals surface area contributed by atoms with Crippen LogP contribution < -0.4 is 4.72 Å². The number of anilines is 1. The molecule has 0 unspecified atom stereocenters. The first-order valence-corrected chi connectivity index (χ1v) is 8.66. The Bertz CT molecular complexity index is 562. The standard InChI is InChI=1S/C12H20N2O4S2/c1-5-14(6-2)20(16,17)13-11-10(8-9(4)19-11)12(15)18-7-3/h8,13H,5-7H2,1-4H3. The summed E-state index contributed by atoms with van der Waals surface area (Å²) in [6.45, 7) is 8.01. The van der Waals surface area contributed by atoms with E-state index in [0.717, 1.165) is 4.88 Å². The van der Waals surface area contributed by atoms with Gasteiger partial charge in [-0.2, -0.15) is 12.7 Å². The van der Waals surface area contributed by atoms with Gasteiger partial charge in [0, 0.05) is 18.0 Å². The molecule has 1 aromatic rings. The number of hydrogen-bond acceptors (Lipinski definition) is 5. The van der Waals surface area contributed by atoms with E-state index in [2.05, 4.69) is 4.72 Å². The molecular weight excluding hydrogens is 300 g/mol. The van der Waals surface area contributed by atoms with Crippen LogP contribution in [0, 0.1) is 6.92 Å². The maximum absolute atomic E-state index is 12.2. The van der Waals surface area contributed by atoms with Crippen LogP contribution in [-0.4, -0.2) is 38.4 Å². The van der Waals surface area contributed by atoms with Crippen molar-refractivity contribution in [1.29, 1.82) is 0 Å².